The summed E-state index contributed by atoms with van der Waals surface area (Å²) in [4.78, 5) is 4.27. The van der Waals surface area contributed by atoms with Crippen molar-refractivity contribution in [1.29, 1.82) is 0 Å². The summed E-state index contributed by atoms with van der Waals surface area (Å²) in [6.45, 7) is 6.53. The van der Waals surface area contributed by atoms with Crippen LogP contribution >= 0.6 is 24.0 Å². The first-order chi connectivity index (χ1) is 7.77. The summed E-state index contributed by atoms with van der Waals surface area (Å²) in [5.41, 5.74) is 5.79. The van der Waals surface area contributed by atoms with E-state index in [1.165, 1.54) is 19.3 Å². The molecule has 0 aromatic rings. The van der Waals surface area contributed by atoms with Crippen LogP contribution in [-0.2, 0) is 4.74 Å². The van der Waals surface area contributed by atoms with Crippen molar-refractivity contribution >= 4 is 29.9 Å². The van der Waals surface area contributed by atoms with Crippen LogP contribution in [0.3, 0.4) is 0 Å². The van der Waals surface area contributed by atoms with E-state index in [0.29, 0.717) is 12.0 Å². The van der Waals surface area contributed by atoms with Crippen molar-refractivity contribution in [1.82, 2.24) is 5.32 Å². The van der Waals surface area contributed by atoms with E-state index in [1.807, 2.05) is 6.92 Å². The van der Waals surface area contributed by atoms with E-state index in [0.717, 1.165) is 32.1 Å². The van der Waals surface area contributed by atoms with Crippen LogP contribution in [0.4, 0.5) is 0 Å². The molecule has 102 valence electrons. The highest BCUT2D eigenvalue weighted by molar-refractivity contribution is 14.0. The van der Waals surface area contributed by atoms with Crippen molar-refractivity contribution in [2.45, 2.75) is 45.6 Å². The average Bonchev–Trinajstić information content (AvgIpc) is 2.97. The molecule has 4 nitrogen and oxygen atoms in total. The second-order valence-corrected chi connectivity index (χ2v) is 4.35. The molecule has 0 heterocycles. The first kappa shape index (κ1) is 17.0. The fourth-order valence-electron chi connectivity index (χ4n) is 1.86. The second kappa shape index (κ2) is 9.94. The average molecular weight is 355 g/mol. The Balaban J connectivity index is 0.00000256. The van der Waals surface area contributed by atoms with E-state index in [-0.39, 0.29) is 24.0 Å². The number of halogens is 1. The Bertz CT molecular complexity index is 224. The van der Waals surface area contributed by atoms with Gasteiger partial charge >= 0.3 is 0 Å². The summed E-state index contributed by atoms with van der Waals surface area (Å²) in [5.74, 6) is 1.42. The number of hydrogen-bond acceptors (Lipinski definition) is 2. The molecule has 3 N–H and O–H groups in total. The maximum atomic E-state index is 5.79. The molecule has 0 spiro atoms. The number of guanidine groups is 1. The van der Waals surface area contributed by atoms with E-state index in [9.17, 15) is 0 Å². The Hall–Kier alpha value is -0.0400. The first-order valence-electron chi connectivity index (χ1n) is 6.42. The molecule has 0 radical (unpaired) electrons. The fourth-order valence-corrected chi connectivity index (χ4v) is 1.86. The Labute approximate surface area is 122 Å². The van der Waals surface area contributed by atoms with Crippen molar-refractivity contribution < 1.29 is 4.74 Å². The van der Waals surface area contributed by atoms with Gasteiger partial charge in [0, 0.05) is 25.8 Å². The zero-order chi connectivity index (χ0) is 11.8. The number of rotatable bonds is 8. The topological polar surface area (TPSA) is 59.6 Å². The molecule has 0 aromatic carbocycles. The van der Waals surface area contributed by atoms with Gasteiger partial charge in [-0.1, -0.05) is 13.3 Å². The maximum Gasteiger partial charge on any atom is 0.188 e. The predicted molar refractivity (Wildman–Crippen MR) is 83.0 cm³/mol. The molecule has 0 aromatic heterocycles. The summed E-state index contributed by atoms with van der Waals surface area (Å²) >= 11 is 0. The van der Waals surface area contributed by atoms with Crippen LogP contribution in [0.15, 0.2) is 4.99 Å². The Morgan fingerprint density at radius 2 is 2.24 bits per heavy atom. The highest BCUT2D eigenvalue weighted by Gasteiger charge is 2.36. The van der Waals surface area contributed by atoms with Gasteiger partial charge in [-0.05, 0) is 32.1 Å². The van der Waals surface area contributed by atoms with Crippen molar-refractivity contribution in [3.8, 4) is 0 Å². The highest BCUT2D eigenvalue weighted by atomic mass is 127. The van der Waals surface area contributed by atoms with E-state index in [1.54, 1.807) is 0 Å². The molecule has 0 saturated heterocycles. The SMILES string of the molecule is CCCC1CC1NC(N)=NCCCOCC.I. The third kappa shape index (κ3) is 7.81. The molecular formula is C12H26IN3O. The van der Waals surface area contributed by atoms with Gasteiger partial charge in [-0.15, -0.1) is 24.0 Å². The van der Waals surface area contributed by atoms with Gasteiger partial charge in [0.1, 0.15) is 0 Å². The maximum absolute atomic E-state index is 5.79. The van der Waals surface area contributed by atoms with Crippen LogP contribution in [-0.4, -0.2) is 31.8 Å². The molecule has 17 heavy (non-hydrogen) atoms. The predicted octanol–water partition coefficient (Wildman–Crippen LogP) is 2.12. The molecule has 1 aliphatic rings. The lowest BCUT2D eigenvalue weighted by molar-refractivity contribution is 0.146. The number of nitrogens with zero attached hydrogens (tertiary/aromatic N) is 1. The van der Waals surface area contributed by atoms with Crippen LogP contribution in [0.2, 0.25) is 0 Å². The highest BCUT2D eigenvalue weighted by Crippen LogP contribution is 2.34. The second-order valence-electron chi connectivity index (χ2n) is 4.35. The van der Waals surface area contributed by atoms with Crippen LogP contribution < -0.4 is 11.1 Å². The zero-order valence-corrected chi connectivity index (χ0v) is 13.3. The van der Waals surface area contributed by atoms with Crippen molar-refractivity contribution in [2.75, 3.05) is 19.8 Å². The third-order valence-electron chi connectivity index (χ3n) is 2.85. The monoisotopic (exact) mass is 355 g/mol. The van der Waals surface area contributed by atoms with Crippen molar-refractivity contribution in [3.63, 3.8) is 0 Å². The Kier molecular flexibility index (Phi) is 9.91. The first-order valence-corrected chi connectivity index (χ1v) is 6.42. The molecule has 1 saturated carbocycles. The van der Waals surface area contributed by atoms with Crippen molar-refractivity contribution in [3.05, 3.63) is 0 Å². The van der Waals surface area contributed by atoms with Gasteiger partial charge in [0.05, 0.1) is 0 Å². The molecule has 0 amide bonds. The van der Waals surface area contributed by atoms with Crippen LogP contribution in [0.25, 0.3) is 0 Å². The molecule has 2 unspecified atom stereocenters. The fraction of sp³-hybridized carbons (Fsp3) is 0.917. The van der Waals surface area contributed by atoms with Gasteiger partial charge in [0.15, 0.2) is 5.96 Å². The lowest BCUT2D eigenvalue weighted by atomic mass is 10.2. The largest absolute Gasteiger partial charge is 0.382 e. The molecule has 2 atom stereocenters. The number of hydrogen-bond donors (Lipinski definition) is 2. The summed E-state index contributed by atoms with van der Waals surface area (Å²) in [6.07, 6.45) is 4.76. The minimum Gasteiger partial charge on any atom is -0.382 e. The molecule has 1 aliphatic carbocycles. The minimum absolute atomic E-state index is 0. The van der Waals surface area contributed by atoms with E-state index < -0.39 is 0 Å². The molecular weight excluding hydrogens is 329 g/mol. The van der Waals surface area contributed by atoms with E-state index in [4.69, 9.17) is 10.5 Å². The standard InChI is InChI=1S/C12H25N3O.HI/c1-3-6-10-9-11(10)15-12(13)14-7-5-8-16-4-2;/h10-11H,3-9H2,1-2H3,(H3,13,14,15);1H. The molecule has 0 bridgehead atoms. The van der Waals surface area contributed by atoms with Gasteiger partial charge in [-0.25, -0.2) is 0 Å². The van der Waals surface area contributed by atoms with Crippen molar-refractivity contribution in [2.24, 2.45) is 16.6 Å². The number of nitrogens with one attached hydrogen (secondary N) is 1. The lowest BCUT2D eigenvalue weighted by Crippen LogP contribution is -2.34. The zero-order valence-electron chi connectivity index (χ0n) is 10.9. The normalized spacial score (nSPS) is 23.1. The molecule has 5 heteroatoms. The van der Waals surface area contributed by atoms with Crippen LogP contribution in [0, 0.1) is 5.92 Å². The summed E-state index contributed by atoms with van der Waals surface area (Å²) in [7, 11) is 0. The molecule has 1 rings (SSSR count). The van der Waals surface area contributed by atoms with E-state index >= 15 is 0 Å². The Morgan fingerprint density at radius 3 is 2.88 bits per heavy atom. The van der Waals surface area contributed by atoms with Gasteiger partial charge in [-0.2, -0.15) is 0 Å². The van der Waals surface area contributed by atoms with Gasteiger partial charge in [0.25, 0.3) is 0 Å². The summed E-state index contributed by atoms with van der Waals surface area (Å²) in [6, 6.07) is 0.579. The third-order valence-corrected chi connectivity index (χ3v) is 2.85. The summed E-state index contributed by atoms with van der Waals surface area (Å²) in [5, 5.41) is 3.27. The van der Waals surface area contributed by atoms with Crippen LogP contribution in [0.5, 0.6) is 0 Å². The van der Waals surface area contributed by atoms with Gasteiger partial charge in [0.2, 0.25) is 0 Å². The molecule has 1 fully saturated rings. The van der Waals surface area contributed by atoms with Gasteiger partial charge < -0.3 is 15.8 Å². The molecule has 0 aliphatic heterocycles. The number of aliphatic imine (C=N–C) groups is 1. The summed E-state index contributed by atoms with van der Waals surface area (Å²) < 4.78 is 5.23. The quantitative estimate of drug-likeness (QED) is 0.304. The number of ether oxygens (including phenoxy) is 1. The Morgan fingerprint density at radius 1 is 1.47 bits per heavy atom. The lowest BCUT2D eigenvalue weighted by Gasteiger charge is -2.04. The minimum atomic E-state index is 0. The van der Waals surface area contributed by atoms with Crippen LogP contribution in [0.1, 0.15) is 39.5 Å². The smallest absolute Gasteiger partial charge is 0.188 e. The van der Waals surface area contributed by atoms with Gasteiger partial charge in [-0.3, -0.25) is 4.99 Å². The van der Waals surface area contributed by atoms with E-state index in [2.05, 4.69) is 17.2 Å². The number of nitrogens with two attached hydrogens (primary N) is 1.